The van der Waals surface area contributed by atoms with Gasteiger partial charge in [-0.1, -0.05) is 17.7 Å². The third kappa shape index (κ3) is 4.45. The molecule has 0 atom stereocenters. The molecule has 0 saturated carbocycles. The minimum atomic E-state index is 0.503. The fourth-order valence-corrected chi connectivity index (χ4v) is 1.94. The largest absolute Gasteiger partial charge is 0.361 e. The third-order valence-electron chi connectivity index (χ3n) is 2.79. The Kier molecular flexibility index (Phi) is 5.78. The van der Waals surface area contributed by atoms with E-state index in [-0.39, 0.29) is 0 Å². The van der Waals surface area contributed by atoms with Gasteiger partial charge >= 0.3 is 0 Å². The van der Waals surface area contributed by atoms with Crippen molar-refractivity contribution >= 4 is 28.9 Å². The highest BCUT2D eigenvalue weighted by molar-refractivity contribution is 7.80. The van der Waals surface area contributed by atoms with E-state index in [1.54, 1.807) is 0 Å². The van der Waals surface area contributed by atoms with Crippen molar-refractivity contribution < 1.29 is 0 Å². The number of amidine groups is 1. The second-order valence-corrected chi connectivity index (χ2v) is 4.51. The van der Waals surface area contributed by atoms with E-state index in [2.05, 4.69) is 36.0 Å². The Morgan fingerprint density at radius 3 is 2.28 bits per heavy atom. The van der Waals surface area contributed by atoms with E-state index < -0.39 is 0 Å². The molecule has 98 valence electrons. The predicted octanol–water partition coefficient (Wildman–Crippen LogP) is 3.45. The zero-order valence-electron chi connectivity index (χ0n) is 11.5. The summed E-state index contributed by atoms with van der Waals surface area (Å²) >= 11 is 5.23. The molecule has 4 heteroatoms. The van der Waals surface area contributed by atoms with Crippen LogP contribution in [0.1, 0.15) is 26.3 Å². The summed E-state index contributed by atoms with van der Waals surface area (Å²) in [5.41, 5.74) is 2.20. The van der Waals surface area contributed by atoms with Crippen LogP contribution in [0.15, 0.2) is 29.3 Å². The zero-order valence-corrected chi connectivity index (χ0v) is 12.3. The van der Waals surface area contributed by atoms with Gasteiger partial charge in [-0.25, -0.2) is 4.99 Å². The SMILES string of the molecule is CCN(CC)/C(C)=N/C(=S)Nc1ccc(C)cc1. The van der Waals surface area contributed by atoms with E-state index in [4.69, 9.17) is 12.2 Å². The van der Waals surface area contributed by atoms with Gasteiger partial charge in [-0.05, 0) is 52.0 Å². The molecule has 0 heterocycles. The molecule has 1 aromatic rings. The standard InChI is InChI=1S/C14H21N3S/c1-5-17(6-2)12(4)15-14(18)16-13-9-7-11(3)8-10-13/h7-10H,5-6H2,1-4H3,(H,16,18)/b15-12+. The van der Waals surface area contributed by atoms with Crippen LogP contribution in [-0.4, -0.2) is 28.9 Å². The Morgan fingerprint density at radius 1 is 1.22 bits per heavy atom. The number of hydrogen-bond donors (Lipinski definition) is 1. The van der Waals surface area contributed by atoms with Gasteiger partial charge in [0.1, 0.15) is 5.84 Å². The molecule has 0 aliphatic heterocycles. The Morgan fingerprint density at radius 2 is 1.78 bits per heavy atom. The summed E-state index contributed by atoms with van der Waals surface area (Å²) in [6, 6.07) is 8.10. The number of nitrogens with zero attached hydrogens (tertiary/aromatic N) is 2. The van der Waals surface area contributed by atoms with E-state index in [0.717, 1.165) is 24.6 Å². The summed E-state index contributed by atoms with van der Waals surface area (Å²) in [7, 11) is 0. The number of rotatable bonds is 3. The summed E-state index contributed by atoms with van der Waals surface area (Å²) in [6.07, 6.45) is 0. The van der Waals surface area contributed by atoms with Crippen LogP contribution in [0.3, 0.4) is 0 Å². The number of aliphatic imine (C=N–C) groups is 1. The maximum absolute atomic E-state index is 5.23. The lowest BCUT2D eigenvalue weighted by Crippen LogP contribution is -2.29. The van der Waals surface area contributed by atoms with Gasteiger partial charge in [0.05, 0.1) is 0 Å². The summed E-state index contributed by atoms with van der Waals surface area (Å²) in [4.78, 5) is 6.57. The van der Waals surface area contributed by atoms with Crippen molar-refractivity contribution in [3.63, 3.8) is 0 Å². The molecule has 0 bridgehead atoms. The van der Waals surface area contributed by atoms with Crippen LogP contribution in [0.5, 0.6) is 0 Å². The Hall–Kier alpha value is -1.42. The number of benzene rings is 1. The summed E-state index contributed by atoms with van der Waals surface area (Å²) in [5, 5.41) is 3.62. The van der Waals surface area contributed by atoms with Crippen LogP contribution >= 0.6 is 12.2 Å². The first-order chi connectivity index (χ1) is 8.56. The van der Waals surface area contributed by atoms with Gasteiger partial charge < -0.3 is 10.2 Å². The van der Waals surface area contributed by atoms with E-state index in [1.165, 1.54) is 5.56 Å². The molecular formula is C14H21N3S. The fourth-order valence-electron chi connectivity index (χ4n) is 1.69. The average Bonchev–Trinajstić information content (AvgIpc) is 2.33. The van der Waals surface area contributed by atoms with E-state index >= 15 is 0 Å². The molecule has 0 saturated heterocycles. The molecule has 0 aliphatic rings. The highest BCUT2D eigenvalue weighted by Gasteiger charge is 2.02. The molecule has 0 spiro atoms. The quantitative estimate of drug-likeness (QED) is 0.514. The Balaban J connectivity index is 2.66. The topological polar surface area (TPSA) is 27.6 Å². The highest BCUT2D eigenvalue weighted by Crippen LogP contribution is 2.09. The monoisotopic (exact) mass is 263 g/mol. The normalized spacial score (nSPS) is 11.2. The van der Waals surface area contributed by atoms with Crippen molar-refractivity contribution in [2.75, 3.05) is 18.4 Å². The Labute approximate surface area is 115 Å². The van der Waals surface area contributed by atoms with Crippen molar-refractivity contribution in [3.8, 4) is 0 Å². The van der Waals surface area contributed by atoms with Crippen LogP contribution < -0.4 is 5.32 Å². The predicted molar refractivity (Wildman–Crippen MR) is 83.4 cm³/mol. The van der Waals surface area contributed by atoms with Gasteiger partial charge in [0.2, 0.25) is 0 Å². The van der Waals surface area contributed by atoms with Crippen molar-refractivity contribution in [3.05, 3.63) is 29.8 Å². The van der Waals surface area contributed by atoms with Gasteiger partial charge in [-0.15, -0.1) is 0 Å². The van der Waals surface area contributed by atoms with E-state index in [0.29, 0.717) is 5.11 Å². The molecule has 0 aromatic heterocycles. The fraction of sp³-hybridized carbons (Fsp3) is 0.429. The number of aryl methyl sites for hydroxylation is 1. The number of hydrogen-bond acceptors (Lipinski definition) is 1. The minimum Gasteiger partial charge on any atom is -0.361 e. The molecule has 0 fully saturated rings. The van der Waals surface area contributed by atoms with Gasteiger partial charge in [0.15, 0.2) is 5.11 Å². The van der Waals surface area contributed by atoms with Crippen LogP contribution in [0, 0.1) is 6.92 Å². The molecule has 1 aromatic carbocycles. The van der Waals surface area contributed by atoms with Gasteiger partial charge in [-0.2, -0.15) is 0 Å². The number of nitrogens with one attached hydrogen (secondary N) is 1. The first kappa shape index (κ1) is 14.6. The van der Waals surface area contributed by atoms with Crippen LogP contribution in [-0.2, 0) is 0 Å². The van der Waals surface area contributed by atoms with E-state index in [1.807, 2.05) is 31.2 Å². The minimum absolute atomic E-state index is 0.503. The van der Waals surface area contributed by atoms with Crippen LogP contribution in [0.4, 0.5) is 5.69 Å². The molecule has 0 aliphatic carbocycles. The highest BCUT2D eigenvalue weighted by atomic mass is 32.1. The van der Waals surface area contributed by atoms with Gasteiger partial charge in [0, 0.05) is 18.8 Å². The maximum atomic E-state index is 5.23. The van der Waals surface area contributed by atoms with E-state index in [9.17, 15) is 0 Å². The van der Waals surface area contributed by atoms with Crippen LogP contribution in [0.25, 0.3) is 0 Å². The number of anilines is 1. The molecule has 0 radical (unpaired) electrons. The average molecular weight is 263 g/mol. The summed E-state index contributed by atoms with van der Waals surface area (Å²) in [5.74, 6) is 0.949. The molecular weight excluding hydrogens is 242 g/mol. The zero-order chi connectivity index (χ0) is 13.5. The first-order valence-corrected chi connectivity index (χ1v) is 6.65. The van der Waals surface area contributed by atoms with Gasteiger partial charge in [-0.3, -0.25) is 0 Å². The van der Waals surface area contributed by atoms with Crippen molar-refractivity contribution in [2.45, 2.75) is 27.7 Å². The number of thiocarbonyl (C=S) groups is 1. The molecule has 1 N–H and O–H groups in total. The molecule has 3 nitrogen and oxygen atoms in total. The lowest BCUT2D eigenvalue weighted by molar-refractivity contribution is 0.463. The third-order valence-corrected chi connectivity index (χ3v) is 2.98. The summed E-state index contributed by atoms with van der Waals surface area (Å²) in [6.45, 7) is 10.1. The first-order valence-electron chi connectivity index (χ1n) is 6.24. The summed E-state index contributed by atoms with van der Waals surface area (Å²) < 4.78 is 0. The lowest BCUT2D eigenvalue weighted by Gasteiger charge is -2.20. The van der Waals surface area contributed by atoms with Crippen molar-refractivity contribution in [2.24, 2.45) is 4.99 Å². The second kappa shape index (κ2) is 7.11. The van der Waals surface area contributed by atoms with Crippen molar-refractivity contribution in [1.29, 1.82) is 0 Å². The molecule has 18 heavy (non-hydrogen) atoms. The molecule has 1 rings (SSSR count). The molecule has 0 unspecified atom stereocenters. The van der Waals surface area contributed by atoms with Crippen LogP contribution in [0.2, 0.25) is 0 Å². The maximum Gasteiger partial charge on any atom is 0.198 e. The second-order valence-electron chi connectivity index (χ2n) is 4.13. The lowest BCUT2D eigenvalue weighted by atomic mass is 10.2. The smallest absolute Gasteiger partial charge is 0.198 e. The Bertz CT molecular complexity index is 419. The van der Waals surface area contributed by atoms with Crippen molar-refractivity contribution in [1.82, 2.24) is 4.90 Å². The van der Waals surface area contributed by atoms with Gasteiger partial charge in [0.25, 0.3) is 0 Å². The molecule has 0 amide bonds.